The largest absolute Gasteiger partial charge is 0.465 e. The van der Waals surface area contributed by atoms with Crippen LogP contribution in [-0.4, -0.2) is 40.9 Å². The maximum absolute atomic E-state index is 12.4. The van der Waals surface area contributed by atoms with E-state index in [1.54, 1.807) is 34.1 Å². The number of benzene rings is 1. The SMILES string of the molecule is COC(=O)C1=C(C(=O)OC)N(c2ccc(-c3nncn3C)cc2)C=CC=C1. The quantitative estimate of drug-likeness (QED) is 0.765. The molecule has 0 saturated carbocycles. The van der Waals surface area contributed by atoms with E-state index >= 15 is 0 Å². The van der Waals surface area contributed by atoms with E-state index in [1.807, 2.05) is 31.3 Å². The summed E-state index contributed by atoms with van der Waals surface area (Å²) in [7, 11) is 4.38. The Kier molecular flexibility index (Phi) is 5.16. The molecule has 0 aliphatic carbocycles. The minimum absolute atomic E-state index is 0.0701. The fourth-order valence-electron chi connectivity index (χ4n) is 2.68. The fraction of sp³-hybridized carbons (Fsp3) is 0.158. The molecule has 1 aliphatic heterocycles. The zero-order chi connectivity index (χ0) is 19.4. The molecule has 2 aromatic rings. The van der Waals surface area contributed by atoms with Crippen LogP contribution in [0.1, 0.15) is 0 Å². The lowest BCUT2D eigenvalue weighted by Gasteiger charge is -2.23. The van der Waals surface area contributed by atoms with Gasteiger partial charge in [-0.2, -0.15) is 0 Å². The molecule has 2 heterocycles. The molecule has 1 aromatic carbocycles. The van der Waals surface area contributed by atoms with Gasteiger partial charge in [-0.3, -0.25) is 0 Å². The van der Waals surface area contributed by atoms with Gasteiger partial charge in [0.25, 0.3) is 0 Å². The number of ether oxygens (including phenoxy) is 2. The first-order valence-electron chi connectivity index (χ1n) is 8.06. The predicted molar refractivity (Wildman–Crippen MR) is 98.3 cm³/mol. The number of hydrogen-bond acceptors (Lipinski definition) is 7. The maximum Gasteiger partial charge on any atom is 0.355 e. The lowest BCUT2D eigenvalue weighted by Crippen LogP contribution is -2.26. The molecule has 1 aromatic heterocycles. The molecule has 8 nitrogen and oxygen atoms in total. The number of nitrogens with zero attached hydrogens (tertiary/aromatic N) is 4. The number of anilines is 1. The second-order valence-electron chi connectivity index (χ2n) is 5.63. The van der Waals surface area contributed by atoms with Crippen LogP contribution in [0, 0.1) is 0 Å². The monoisotopic (exact) mass is 366 g/mol. The topological polar surface area (TPSA) is 86.6 Å². The number of esters is 2. The summed E-state index contributed by atoms with van der Waals surface area (Å²) in [6.45, 7) is 0. The van der Waals surface area contributed by atoms with E-state index in [0.717, 1.165) is 5.56 Å². The van der Waals surface area contributed by atoms with Crippen molar-refractivity contribution in [3.05, 3.63) is 66.3 Å². The summed E-state index contributed by atoms with van der Waals surface area (Å²) in [4.78, 5) is 26.2. The molecule has 27 heavy (non-hydrogen) atoms. The number of rotatable bonds is 4. The fourth-order valence-corrected chi connectivity index (χ4v) is 2.68. The zero-order valence-electron chi connectivity index (χ0n) is 15.1. The summed E-state index contributed by atoms with van der Waals surface area (Å²) in [6.07, 6.45) is 8.18. The predicted octanol–water partition coefficient (Wildman–Crippen LogP) is 1.97. The molecule has 0 fully saturated rings. The van der Waals surface area contributed by atoms with Crippen molar-refractivity contribution in [2.75, 3.05) is 19.1 Å². The summed E-state index contributed by atoms with van der Waals surface area (Å²) >= 11 is 0. The summed E-state index contributed by atoms with van der Waals surface area (Å²) in [5.41, 5.74) is 1.71. The molecular formula is C19H18N4O4. The Bertz CT molecular complexity index is 954. The van der Waals surface area contributed by atoms with Crippen LogP contribution < -0.4 is 4.90 Å². The summed E-state index contributed by atoms with van der Waals surface area (Å²) in [5.74, 6) is -0.561. The Morgan fingerprint density at radius 1 is 1.00 bits per heavy atom. The van der Waals surface area contributed by atoms with Crippen molar-refractivity contribution >= 4 is 17.6 Å². The van der Waals surface area contributed by atoms with Crippen molar-refractivity contribution in [3.8, 4) is 11.4 Å². The van der Waals surface area contributed by atoms with Gasteiger partial charge in [0.2, 0.25) is 0 Å². The number of methoxy groups -OCH3 is 2. The Morgan fingerprint density at radius 3 is 2.30 bits per heavy atom. The highest BCUT2D eigenvalue weighted by atomic mass is 16.5. The minimum Gasteiger partial charge on any atom is -0.465 e. The summed E-state index contributed by atoms with van der Waals surface area (Å²) < 4.78 is 11.5. The van der Waals surface area contributed by atoms with E-state index in [2.05, 4.69) is 10.2 Å². The molecule has 0 saturated heterocycles. The van der Waals surface area contributed by atoms with Gasteiger partial charge >= 0.3 is 11.9 Å². The highest BCUT2D eigenvalue weighted by Gasteiger charge is 2.27. The highest BCUT2D eigenvalue weighted by molar-refractivity contribution is 6.05. The van der Waals surface area contributed by atoms with Gasteiger partial charge in [0.15, 0.2) is 5.82 Å². The van der Waals surface area contributed by atoms with Gasteiger partial charge in [-0.1, -0.05) is 6.08 Å². The average molecular weight is 366 g/mol. The molecule has 1 aliphatic rings. The van der Waals surface area contributed by atoms with Crippen LogP contribution in [0.15, 0.2) is 66.3 Å². The summed E-state index contributed by atoms with van der Waals surface area (Å²) in [6, 6.07) is 7.35. The highest BCUT2D eigenvalue weighted by Crippen LogP contribution is 2.28. The lowest BCUT2D eigenvalue weighted by molar-refractivity contribution is -0.139. The molecule has 0 amide bonds. The Morgan fingerprint density at radius 2 is 1.70 bits per heavy atom. The second-order valence-corrected chi connectivity index (χ2v) is 5.63. The molecule has 0 spiro atoms. The number of aryl methyl sites for hydroxylation is 1. The first-order chi connectivity index (χ1) is 13.1. The van der Waals surface area contributed by atoms with Gasteiger partial charge < -0.3 is 18.9 Å². The van der Waals surface area contributed by atoms with Crippen LogP contribution >= 0.6 is 0 Å². The van der Waals surface area contributed by atoms with Crippen molar-refractivity contribution in [2.45, 2.75) is 0 Å². The zero-order valence-corrected chi connectivity index (χ0v) is 15.1. The molecule has 0 radical (unpaired) electrons. The normalized spacial score (nSPS) is 13.5. The van der Waals surface area contributed by atoms with Crippen molar-refractivity contribution < 1.29 is 19.1 Å². The number of aromatic nitrogens is 3. The molecule has 0 N–H and O–H groups in total. The van der Waals surface area contributed by atoms with Crippen LogP contribution in [-0.2, 0) is 26.1 Å². The average Bonchev–Trinajstić information content (AvgIpc) is 3.00. The molecule has 138 valence electrons. The lowest BCUT2D eigenvalue weighted by atomic mass is 10.1. The van der Waals surface area contributed by atoms with Gasteiger partial charge in [0.1, 0.15) is 12.0 Å². The molecule has 3 rings (SSSR count). The standard InChI is InChI=1S/C19H18N4O4/c1-22-12-20-21-17(22)13-7-9-14(10-8-13)23-11-5-4-6-15(18(24)26-2)16(23)19(25)27-3/h4-12H,1-3H3. The molecule has 0 atom stereocenters. The van der Waals surface area contributed by atoms with Gasteiger partial charge in [-0.15, -0.1) is 10.2 Å². The molecular weight excluding hydrogens is 348 g/mol. The van der Waals surface area contributed by atoms with Crippen molar-refractivity contribution in [1.29, 1.82) is 0 Å². The van der Waals surface area contributed by atoms with Crippen LogP contribution in [0.3, 0.4) is 0 Å². The van der Waals surface area contributed by atoms with Crippen LogP contribution in [0.4, 0.5) is 5.69 Å². The molecule has 0 unspecified atom stereocenters. The van der Waals surface area contributed by atoms with Gasteiger partial charge in [0.05, 0.1) is 19.8 Å². The van der Waals surface area contributed by atoms with Gasteiger partial charge in [0, 0.05) is 24.5 Å². The van der Waals surface area contributed by atoms with E-state index in [4.69, 9.17) is 9.47 Å². The Labute approximate surface area is 156 Å². The second kappa shape index (κ2) is 7.69. The Hall–Kier alpha value is -3.68. The van der Waals surface area contributed by atoms with Gasteiger partial charge in [-0.05, 0) is 36.4 Å². The van der Waals surface area contributed by atoms with Crippen molar-refractivity contribution in [1.82, 2.24) is 14.8 Å². The van der Waals surface area contributed by atoms with Crippen LogP contribution in [0.5, 0.6) is 0 Å². The maximum atomic E-state index is 12.4. The Balaban J connectivity index is 2.06. The first-order valence-corrected chi connectivity index (χ1v) is 8.06. The van der Waals surface area contributed by atoms with E-state index in [-0.39, 0.29) is 11.3 Å². The van der Waals surface area contributed by atoms with Crippen LogP contribution in [0.2, 0.25) is 0 Å². The summed E-state index contributed by atoms with van der Waals surface area (Å²) in [5, 5.41) is 7.95. The number of carbonyl (C=O) groups excluding carboxylic acids is 2. The van der Waals surface area contributed by atoms with Crippen molar-refractivity contribution in [2.24, 2.45) is 7.05 Å². The third kappa shape index (κ3) is 3.50. The van der Waals surface area contributed by atoms with E-state index < -0.39 is 11.9 Å². The third-order valence-corrected chi connectivity index (χ3v) is 4.00. The van der Waals surface area contributed by atoms with E-state index in [9.17, 15) is 9.59 Å². The first kappa shape index (κ1) is 18.1. The van der Waals surface area contributed by atoms with E-state index in [0.29, 0.717) is 11.5 Å². The van der Waals surface area contributed by atoms with Crippen molar-refractivity contribution in [3.63, 3.8) is 0 Å². The molecule has 8 heteroatoms. The smallest absolute Gasteiger partial charge is 0.355 e. The van der Waals surface area contributed by atoms with Crippen LogP contribution in [0.25, 0.3) is 11.4 Å². The minimum atomic E-state index is -0.649. The number of hydrogen-bond donors (Lipinski definition) is 0. The molecule has 0 bridgehead atoms. The number of carbonyl (C=O) groups is 2. The third-order valence-electron chi connectivity index (χ3n) is 4.00. The number of allylic oxidation sites excluding steroid dienone is 2. The van der Waals surface area contributed by atoms with E-state index in [1.165, 1.54) is 20.3 Å². The van der Waals surface area contributed by atoms with Gasteiger partial charge in [-0.25, -0.2) is 9.59 Å².